The Kier molecular flexibility index (Phi) is 6.45. The van der Waals surface area contributed by atoms with Gasteiger partial charge in [0.05, 0.1) is 11.6 Å². The molecule has 0 bridgehead atoms. The molecule has 3 heterocycles. The molecule has 0 aliphatic carbocycles. The average Bonchev–Trinajstić information content (AvgIpc) is 3.51. The predicted octanol–water partition coefficient (Wildman–Crippen LogP) is 4.82. The van der Waals surface area contributed by atoms with E-state index in [1.54, 1.807) is 49.4 Å². The van der Waals surface area contributed by atoms with Crippen molar-refractivity contribution >= 4 is 33.9 Å². The molecule has 0 unspecified atom stereocenters. The first-order valence-corrected chi connectivity index (χ1v) is 13.1. The third kappa shape index (κ3) is 4.70. The number of benzene rings is 3. The molecule has 2 aliphatic heterocycles. The van der Waals surface area contributed by atoms with Crippen molar-refractivity contribution in [3.63, 3.8) is 0 Å². The number of anilines is 1. The van der Waals surface area contributed by atoms with Gasteiger partial charge in [0.2, 0.25) is 5.13 Å². The van der Waals surface area contributed by atoms with Crippen molar-refractivity contribution in [1.82, 2.24) is 10.2 Å². The van der Waals surface area contributed by atoms with Gasteiger partial charge in [-0.25, -0.2) is 0 Å². The minimum atomic E-state index is -0.922. The van der Waals surface area contributed by atoms with Crippen molar-refractivity contribution in [2.45, 2.75) is 19.6 Å². The van der Waals surface area contributed by atoms with Crippen molar-refractivity contribution in [3.05, 3.63) is 100 Å². The smallest absolute Gasteiger partial charge is 0.301 e. The number of hydrogen-bond donors (Lipinski definition) is 1. The van der Waals surface area contributed by atoms with Gasteiger partial charge in [0.1, 0.15) is 36.3 Å². The molecule has 10 heteroatoms. The van der Waals surface area contributed by atoms with E-state index in [0.29, 0.717) is 53.2 Å². The minimum absolute atomic E-state index is 0.0533. The van der Waals surface area contributed by atoms with E-state index in [4.69, 9.17) is 14.2 Å². The molecule has 9 nitrogen and oxygen atoms in total. The van der Waals surface area contributed by atoms with E-state index in [-0.39, 0.29) is 16.5 Å². The highest BCUT2D eigenvalue weighted by Crippen LogP contribution is 2.44. The largest absolute Gasteiger partial charge is 0.507 e. The summed E-state index contributed by atoms with van der Waals surface area (Å²) < 4.78 is 17.1. The van der Waals surface area contributed by atoms with E-state index in [0.717, 1.165) is 5.56 Å². The molecule has 1 amide bonds. The lowest BCUT2D eigenvalue weighted by Gasteiger charge is -2.23. The van der Waals surface area contributed by atoms with Gasteiger partial charge in [0.15, 0.2) is 11.5 Å². The number of aryl methyl sites for hydroxylation is 1. The minimum Gasteiger partial charge on any atom is -0.507 e. The first-order chi connectivity index (χ1) is 19.0. The molecule has 1 N–H and O–H groups in total. The normalized spacial score (nSPS) is 17.9. The number of hydrogen-bond acceptors (Lipinski definition) is 9. The topological polar surface area (TPSA) is 111 Å². The van der Waals surface area contributed by atoms with E-state index < -0.39 is 17.7 Å². The summed E-state index contributed by atoms with van der Waals surface area (Å²) in [4.78, 5) is 28.0. The van der Waals surface area contributed by atoms with Crippen LogP contribution in [-0.4, -0.2) is 40.2 Å². The third-order valence-corrected chi connectivity index (χ3v) is 7.26. The summed E-state index contributed by atoms with van der Waals surface area (Å²) in [6.45, 7) is 2.96. The monoisotopic (exact) mass is 541 g/mol. The van der Waals surface area contributed by atoms with Gasteiger partial charge in [-0.2, -0.15) is 0 Å². The SMILES string of the molecule is Cc1nnc(N2C(=O)C(=O)C(=C(O)c3ccc4c(c3)OCCO4)[C@H]2c2ccc(OCc3ccccc3)cc2)s1. The van der Waals surface area contributed by atoms with Crippen molar-refractivity contribution in [2.75, 3.05) is 18.1 Å². The Morgan fingerprint density at radius 2 is 1.74 bits per heavy atom. The summed E-state index contributed by atoms with van der Waals surface area (Å²) in [5.41, 5.74) is 1.91. The molecular weight excluding hydrogens is 518 g/mol. The van der Waals surface area contributed by atoms with Gasteiger partial charge < -0.3 is 19.3 Å². The number of aliphatic hydroxyl groups excluding tert-OH is 1. The van der Waals surface area contributed by atoms with Gasteiger partial charge in [0.25, 0.3) is 5.78 Å². The van der Waals surface area contributed by atoms with Crippen LogP contribution in [0, 0.1) is 6.92 Å². The molecule has 3 aromatic carbocycles. The number of rotatable bonds is 6. The zero-order chi connectivity index (χ0) is 26.9. The molecule has 196 valence electrons. The summed E-state index contributed by atoms with van der Waals surface area (Å²) in [5, 5.41) is 20.5. The molecule has 39 heavy (non-hydrogen) atoms. The van der Waals surface area contributed by atoms with Gasteiger partial charge >= 0.3 is 5.91 Å². The molecule has 0 spiro atoms. The highest BCUT2D eigenvalue weighted by Gasteiger charge is 2.48. The van der Waals surface area contributed by atoms with Gasteiger partial charge in [-0.05, 0) is 48.4 Å². The van der Waals surface area contributed by atoms with Crippen molar-refractivity contribution in [1.29, 1.82) is 0 Å². The lowest BCUT2D eigenvalue weighted by atomic mass is 9.95. The maximum Gasteiger partial charge on any atom is 0.301 e. The lowest BCUT2D eigenvalue weighted by Crippen LogP contribution is -2.29. The van der Waals surface area contributed by atoms with Crippen LogP contribution in [0.3, 0.4) is 0 Å². The zero-order valence-electron chi connectivity index (χ0n) is 20.9. The fraction of sp³-hybridized carbons (Fsp3) is 0.172. The number of ether oxygens (including phenoxy) is 3. The molecule has 0 saturated carbocycles. The maximum absolute atomic E-state index is 13.4. The second-order valence-electron chi connectivity index (χ2n) is 8.97. The molecule has 1 aromatic heterocycles. The quantitative estimate of drug-likeness (QED) is 0.210. The van der Waals surface area contributed by atoms with Gasteiger partial charge in [-0.15, -0.1) is 10.2 Å². The van der Waals surface area contributed by atoms with Gasteiger partial charge in [0, 0.05) is 5.56 Å². The molecule has 4 aromatic rings. The molecule has 6 rings (SSSR count). The van der Waals surface area contributed by atoms with Crippen LogP contribution >= 0.6 is 11.3 Å². The van der Waals surface area contributed by atoms with E-state index >= 15 is 0 Å². The molecule has 1 atom stereocenters. The highest BCUT2D eigenvalue weighted by atomic mass is 32.1. The van der Waals surface area contributed by atoms with Gasteiger partial charge in [-0.3, -0.25) is 14.5 Å². The van der Waals surface area contributed by atoms with Crippen LogP contribution in [0.4, 0.5) is 5.13 Å². The highest BCUT2D eigenvalue weighted by molar-refractivity contribution is 7.15. The maximum atomic E-state index is 13.4. The van der Waals surface area contributed by atoms with Crippen LogP contribution in [0.2, 0.25) is 0 Å². The Hall–Kier alpha value is -4.70. The average molecular weight is 542 g/mol. The number of amides is 1. The Labute approximate surface area is 227 Å². The number of aliphatic hydroxyl groups is 1. The van der Waals surface area contributed by atoms with E-state index in [1.165, 1.54) is 16.2 Å². The van der Waals surface area contributed by atoms with Crippen LogP contribution < -0.4 is 19.1 Å². The van der Waals surface area contributed by atoms with Crippen molar-refractivity contribution in [3.8, 4) is 17.2 Å². The number of aromatic nitrogens is 2. The number of fused-ring (bicyclic) bond motifs is 1. The van der Waals surface area contributed by atoms with Crippen LogP contribution in [0.1, 0.15) is 27.7 Å². The summed E-state index contributed by atoms with van der Waals surface area (Å²) in [5.74, 6) is -0.299. The van der Waals surface area contributed by atoms with E-state index in [9.17, 15) is 14.7 Å². The summed E-state index contributed by atoms with van der Waals surface area (Å²) in [6, 6.07) is 20.9. The van der Waals surface area contributed by atoms with Crippen molar-refractivity contribution in [2.24, 2.45) is 0 Å². The molecule has 1 fully saturated rings. The number of carbonyl (C=O) groups is 2. The fourth-order valence-electron chi connectivity index (χ4n) is 4.56. The summed E-state index contributed by atoms with van der Waals surface area (Å²) in [7, 11) is 0. The summed E-state index contributed by atoms with van der Waals surface area (Å²) in [6.07, 6.45) is 0. The summed E-state index contributed by atoms with van der Waals surface area (Å²) >= 11 is 1.19. The predicted molar refractivity (Wildman–Crippen MR) is 144 cm³/mol. The number of carbonyl (C=O) groups excluding carboxylic acids is 2. The Morgan fingerprint density at radius 3 is 2.46 bits per heavy atom. The molecular formula is C29H23N3O6S. The number of Topliss-reactive ketones (excluding diaryl/α,β-unsaturated/α-hetero) is 1. The Bertz CT molecular complexity index is 1580. The van der Waals surface area contributed by atoms with Gasteiger partial charge in [-0.1, -0.05) is 53.8 Å². The van der Waals surface area contributed by atoms with Crippen LogP contribution in [0.15, 0.2) is 78.4 Å². The van der Waals surface area contributed by atoms with E-state index in [2.05, 4.69) is 10.2 Å². The van der Waals surface area contributed by atoms with E-state index in [1.807, 2.05) is 30.3 Å². The first kappa shape index (κ1) is 24.6. The second-order valence-corrected chi connectivity index (χ2v) is 10.1. The standard InChI is InChI=1S/C29H23N3O6S/c1-17-30-31-29(39-17)32-25(19-7-10-21(11-8-19)38-16-18-5-3-2-4-6-18)24(27(34)28(32)35)26(33)20-9-12-22-23(15-20)37-14-13-36-22/h2-12,15,25,33H,13-14,16H2,1H3/t25-/m1/s1. The Balaban J connectivity index is 1.39. The molecule has 1 saturated heterocycles. The molecule has 0 radical (unpaired) electrons. The van der Waals surface area contributed by atoms with Crippen molar-refractivity contribution < 1.29 is 28.9 Å². The zero-order valence-corrected chi connectivity index (χ0v) is 21.7. The Morgan fingerprint density at radius 1 is 1.00 bits per heavy atom. The van der Waals surface area contributed by atoms with Crippen LogP contribution in [0.5, 0.6) is 17.2 Å². The number of nitrogens with zero attached hydrogens (tertiary/aromatic N) is 3. The molecule has 2 aliphatic rings. The lowest BCUT2D eigenvalue weighted by molar-refractivity contribution is -0.132. The second kappa shape index (κ2) is 10.2. The first-order valence-electron chi connectivity index (χ1n) is 12.3. The number of ketones is 1. The van der Waals surface area contributed by atoms with Crippen LogP contribution in [0.25, 0.3) is 5.76 Å². The third-order valence-electron chi connectivity index (χ3n) is 6.43. The van der Waals surface area contributed by atoms with Crippen LogP contribution in [-0.2, 0) is 16.2 Å². The fourth-order valence-corrected chi connectivity index (χ4v) is 5.28.